The molecule has 0 aliphatic rings. The molecule has 0 N–H and O–H groups in total. The second kappa shape index (κ2) is 6.68. The van der Waals surface area contributed by atoms with E-state index in [0.717, 1.165) is 35.3 Å². The van der Waals surface area contributed by atoms with Crippen molar-refractivity contribution in [1.29, 1.82) is 0 Å². The van der Waals surface area contributed by atoms with E-state index in [-0.39, 0.29) is 0 Å². The van der Waals surface area contributed by atoms with Gasteiger partial charge in [-0.15, -0.1) is 0 Å². The van der Waals surface area contributed by atoms with Crippen LogP contribution in [0.5, 0.6) is 0 Å². The number of hydrogen-bond acceptors (Lipinski definition) is 3. The van der Waals surface area contributed by atoms with E-state index in [4.69, 9.17) is 0 Å². The van der Waals surface area contributed by atoms with Crippen LogP contribution in [-0.2, 0) is 6.54 Å². The molecule has 3 nitrogen and oxygen atoms in total. The molecule has 0 aliphatic heterocycles. The van der Waals surface area contributed by atoms with Crippen molar-refractivity contribution in [3.63, 3.8) is 0 Å². The molecule has 0 saturated heterocycles. The third-order valence-electron chi connectivity index (χ3n) is 3.33. The summed E-state index contributed by atoms with van der Waals surface area (Å²) in [5.41, 5.74) is 2.24. The molecule has 3 rings (SSSR count). The maximum Gasteiger partial charge on any atom is 0.226 e. The Bertz CT molecular complexity index is 715. The van der Waals surface area contributed by atoms with E-state index < -0.39 is 0 Å². The Morgan fingerprint density at radius 3 is 2.52 bits per heavy atom. The van der Waals surface area contributed by atoms with Crippen molar-refractivity contribution in [3.8, 4) is 0 Å². The van der Waals surface area contributed by atoms with Crippen LogP contribution in [0.15, 0.2) is 60.8 Å². The molecule has 106 valence electrons. The molecule has 21 heavy (non-hydrogen) atoms. The number of benzene rings is 2. The van der Waals surface area contributed by atoms with Crippen LogP contribution in [0.2, 0.25) is 0 Å². The number of aromatic nitrogens is 2. The lowest BCUT2D eigenvalue weighted by Gasteiger charge is -2.22. The number of halogens is 1. The topological polar surface area (TPSA) is 29.0 Å². The molecule has 0 bridgehead atoms. The molecule has 0 aliphatic carbocycles. The zero-order chi connectivity index (χ0) is 14.5. The van der Waals surface area contributed by atoms with Gasteiger partial charge in [0, 0.05) is 30.0 Å². The van der Waals surface area contributed by atoms with Gasteiger partial charge < -0.3 is 4.90 Å². The van der Waals surface area contributed by atoms with E-state index in [1.165, 1.54) is 5.56 Å². The molecule has 1 aromatic heterocycles. The van der Waals surface area contributed by atoms with Crippen molar-refractivity contribution in [2.24, 2.45) is 0 Å². The van der Waals surface area contributed by atoms with Crippen molar-refractivity contribution >= 4 is 32.8 Å². The number of rotatable bonds is 5. The maximum absolute atomic E-state index is 4.68. The van der Waals surface area contributed by atoms with Gasteiger partial charge in [-0.3, -0.25) is 0 Å². The Balaban J connectivity index is 1.91. The van der Waals surface area contributed by atoms with Crippen LogP contribution in [0.3, 0.4) is 0 Å². The van der Waals surface area contributed by atoms with Crippen LogP contribution in [0.4, 0.5) is 5.95 Å². The van der Waals surface area contributed by atoms with Crippen LogP contribution in [0, 0.1) is 0 Å². The van der Waals surface area contributed by atoms with E-state index in [1.54, 1.807) is 0 Å². The van der Waals surface area contributed by atoms with Crippen LogP contribution in [0.25, 0.3) is 10.9 Å². The third-order valence-corrected chi connectivity index (χ3v) is 3.68. The largest absolute Gasteiger partial charge is 0.336 e. The Labute approximate surface area is 132 Å². The number of nitrogens with zero attached hydrogens (tertiary/aromatic N) is 3. The van der Waals surface area contributed by atoms with Crippen molar-refractivity contribution in [3.05, 3.63) is 66.4 Å². The first-order valence-corrected chi connectivity index (χ1v) is 8.05. The van der Waals surface area contributed by atoms with E-state index in [0.29, 0.717) is 0 Å². The minimum absolute atomic E-state index is 0.775. The van der Waals surface area contributed by atoms with E-state index in [9.17, 15) is 0 Å². The second-order valence-electron chi connectivity index (χ2n) is 4.82. The van der Waals surface area contributed by atoms with E-state index in [2.05, 4.69) is 55.1 Å². The fourth-order valence-electron chi connectivity index (χ4n) is 2.27. The Kier molecular flexibility index (Phi) is 4.46. The summed E-state index contributed by atoms with van der Waals surface area (Å²) in [5.74, 6) is 0.775. The van der Waals surface area contributed by atoms with Crippen LogP contribution >= 0.6 is 15.9 Å². The molecule has 0 unspecified atom stereocenters. The molecule has 2 aromatic carbocycles. The zero-order valence-electron chi connectivity index (χ0n) is 11.6. The monoisotopic (exact) mass is 341 g/mol. The molecule has 0 saturated carbocycles. The highest BCUT2D eigenvalue weighted by Gasteiger charge is 2.10. The summed E-state index contributed by atoms with van der Waals surface area (Å²) in [7, 11) is 0. The number of hydrogen-bond donors (Lipinski definition) is 0. The van der Waals surface area contributed by atoms with Gasteiger partial charge in [0.1, 0.15) is 0 Å². The molecule has 0 atom stereocenters. The Morgan fingerprint density at radius 2 is 1.71 bits per heavy atom. The minimum atomic E-state index is 0.775. The predicted octanol–water partition coefficient (Wildman–Crippen LogP) is 4.03. The standard InChI is InChI=1S/C17H16BrN3/c18-10-11-21(13-14-6-2-1-3-7-14)17-19-12-15-8-4-5-9-16(15)20-17/h1-9,12H,10-11,13H2. The van der Waals surface area contributed by atoms with Gasteiger partial charge in [-0.1, -0.05) is 64.5 Å². The van der Waals surface area contributed by atoms with Gasteiger partial charge in [0.2, 0.25) is 5.95 Å². The van der Waals surface area contributed by atoms with Crippen LogP contribution in [0.1, 0.15) is 5.56 Å². The summed E-state index contributed by atoms with van der Waals surface area (Å²) in [5, 5.41) is 1.95. The molecule has 3 aromatic rings. The van der Waals surface area contributed by atoms with Gasteiger partial charge in [0.25, 0.3) is 0 Å². The first kappa shape index (κ1) is 14.0. The Hall–Kier alpha value is -1.94. The lowest BCUT2D eigenvalue weighted by molar-refractivity contribution is 0.803. The second-order valence-corrected chi connectivity index (χ2v) is 5.62. The molecule has 0 fully saturated rings. The molecule has 4 heteroatoms. The van der Waals surface area contributed by atoms with Gasteiger partial charge in [0.15, 0.2) is 0 Å². The number of anilines is 1. The molecule has 0 radical (unpaired) electrons. The highest BCUT2D eigenvalue weighted by Crippen LogP contribution is 2.17. The lowest BCUT2D eigenvalue weighted by Crippen LogP contribution is -2.26. The Morgan fingerprint density at radius 1 is 0.952 bits per heavy atom. The van der Waals surface area contributed by atoms with Crippen molar-refractivity contribution in [1.82, 2.24) is 9.97 Å². The summed E-state index contributed by atoms with van der Waals surface area (Å²) in [6.45, 7) is 1.68. The fourth-order valence-corrected chi connectivity index (χ4v) is 2.70. The maximum atomic E-state index is 4.68. The fraction of sp³-hybridized carbons (Fsp3) is 0.176. The third kappa shape index (κ3) is 3.39. The number of para-hydroxylation sites is 1. The molecular weight excluding hydrogens is 326 g/mol. The van der Waals surface area contributed by atoms with E-state index in [1.807, 2.05) is 36.5 Å². The summed E-state index contributed by atoms with van der Waals surface area (Å²) in [4.78, 5) is 11.4. The number of fused-ring (bicyclic) bond motifs is 1. The van der Waals surface area contributed by atoms with Crippen LogP contribution in [-0.4, -0.2) is 21.8 Å². The summed E-state index contributed by atoms with van der Waals surface area (Å²) < 4.78 is 0. The average Bonchev–Trinajstić information content (AvgIpc) is 2.55. The lowest BCUT2D eigenvalue weighted by atomic mass is 10.2. The predicted molar refractivity (Wildman–Crippen MR) is 90.8 cm³/mol. The van der Waals surface area contributed by atoms with Gasteiger partial charge in [-0.05, 0) is 11.6 Å². The number of alkyl halides is 1. The van der Waals surface area contributed by atoms with Gasteiger partial charge >= 0.3 is 0 Å². The van der Waals surface area contributed by atoms with Crippen LogP contribution < -0.4 is 4.90 Å². The molecule has 0 spiro atoms. The van der Waals surface area contributed by atoms with Crippen molar-refractivity contribution in [2.45, 2.75) is 6.54 Å². The van der Waals surface area contributed by atoms with E-state index >= 15 is 0 Å². The average molecular weight is 342 g/mol. The molecule has 1 heterocycles. The normalized spacial score (nSPS) is 10.7. The highest BCUT2D eigenvalue weighted by atomic mass is 79.9. The first-order valence-electron chi connectivity index (χ1n) is 6.93. The van der Waals surface area contributed by atoms with Gasteiger partial charge in [-0.25, -0.2) is 9.97 Å². The zero-order valence-corrected chi connectivity index (χ0v) is 13.2. The SMILES string of the molecule is BrCCN(Cc1ccccc1)c1ncc2ccccc2n1. The highest BCUT2D eigenvalue weighted by molar-refractivity contribution is 9.09. The van der Waals surface area contributed by atoms with Gasteiger partial charge in [0.05, 0.1) is 5.52 Å². The summed E-state index contributed by atoms with van der Waals surface area (Å²) in [6.07, 6.45) is 1.89. The molecule has 0 amide bonds. The smallest absolute Gasteiger partial charge is 0.226 e. The quantitative estimate of drug-likeness (QED) is 0.656. The van der Waals surface area contributed by atoms with Gasteiger partial charge in [-0.2, -0.15) is 0 Å². The summed E-state index contributed by atoms with van der Waals surface area (Å²) >= 11 is 3.51. The first-order chi connectivity index (χ1) is 10.4. The van der Waals surface area contributed by atoms with Crippen molar-refractivity contribution < 1.29 is 0 Å². The van der Waals surface area contributed by atoms with Crippen molar-refractivity contribution in [2.75, 3.05) is 16.8 Å². The summed E-state index contributed by atoms with van der Waals surface area (Å²) in [6, 6.07) is 18.5. The minimum Gasteiger partial charge on any atom is -0.336 e. The molecular formula is C17H16BrN3.